The van der Waals surface area contributed by atoms with Crippen LogP contribution in [0, 0.1) is 5.41 Å². The lowest BCUT2D eigenvalue weighted by molar-refractivity contribution is -0.0485. The van der Waals surface area contributed by atoms with Crippen LogP contribution >= 0.6 is 0 Å². The van der Waals surface area contributed by atoms with Gasteiger partial charge in [0.2, 0.25) is 0 Å². The zero-order chi connectivity index (χ0) is 13.2. The Morgan fingerprint density at radius 2 is 1.83 bits per heavy atom. The molecule has 0 saturated heterocycles. The van der Waals surface area contributed by atoms with Crippen molar-refractivity contribution in [2.24, 2.45) is 5.41 Å². The summed E-state index contributed by atoms with van der Waals surface area (Å²) in [6.45, 7) is 7.15. The van der Waals surface area contributed by atoms with Crippen LogP contribution in [0.3, 0.4) is 0 Å². The van der Waals surface area contributed by atoms with Gasteiger partial charge in [0.15, 0.2) is 0 Å². The molecule has 0 amide bonds. The lowest BCUT2D eigenvalue weighted by atomic mass is 9.73. The first kappa shape index (κ1) is 13.4. The van der Waals surface area contributed by atoms with Gasteiger partial charge in [0.1, 0.15) is 5.75 Å². The largest absolute Gasteiger partial charge is 0.494 e. The van der Waals surface area contributed by atoms with Gasteiger partial charge in [-0.25, -0.2) is 0 Å². The van der Waals surface area contributed by atoms with Crippen LogP contribution in [0.15, 0.2) is 24.3 Å². The summed E-state index contributed by atoms with van der Waals surface area (Å²) in [4.78, 5) is 0. The second kappa shape index (κ2) is 4.93. The van der Waals surface area contributed by atoms with Crippen LogP contribution in [0.25, 0.3) is 0 Å². The van der Waals surface area contributed by atoms with Crippen molar-refractivity contribution in [1.29, 1.82) is 0 Å². The van der Waals surface area contributed by atoms with Crippen LogP contribution in [0.1, 0.15) is 52.0 Å². The van der Waals surface area contributed by atoms with E-state index >= 15 is 0 Å². The third-order valence-electron chi connectivity index (χ3n) is 4.26. The molecule has 1 aliphatic carbocycles. The van der Waals surface area contributed by atoms with Gasteiger partial charge in [-0.1, -0.05) is 32.9 Å². The van der Waals surface area contributed by atoms with Gasteiger partial charge in [-0.15, -0.1) is 0 Å². The molecule has 1 unspecified atom stereocenters. The van der Waals surface area contributed by atoms with Gasteiger partial charge in [-0.05, 0) is 48.8 Å². The summed E-state index contributed by atoms with van der Waals surface area (Å²) in [6, 6.07) is 7.96. The summed E-state index contributed by atoms with van der Waals surface area (Å²) in [5, 5.41) is 10.9. The smallest absolute Gasteiger partial charge is 0.119 e. The highest BCUT2D eigenvalue weighted by Gasteiger charge is 2.48. The van der Waals surface area contributed by atoms with Crippen LogP contribution in [0.2, 0.25) is 0 Å². The highest BCUT2D eigenvalue weighted by atomic mass is 16.5. The molecule has 1 saturated carbocycles. The fourth-order valence-corrected chi connectivity index (χ4v) is 2.91. The van der Waals surface area contributed by atoms with E-state index in [2.05, 4.69) is 20.8 Å². The van der Waals surface area contributed by atoms with Crippen LogP contribution in [-0.4, -0.2) is 11.7 Å². The van der Waals surface area contributed by atoms with Crippen molar-refractivity contribution in [1.82, 2.24) is 0 Å². The van der Waals surface area contributed by atoms with E-state index in [-0.39, 0.29) is 5.41 Å². The lowest BCUT2D eigenvalue weighted by Crippen LogP contribution is -2.36. The number of aliphatic hydroxyl groups is 1. The van der Waals surface area contributed by atoms with E-state index in [0.717, 1.165) is 43.6 Å². The van der Waals surface area contributed by atoms with Gasteiger partial charge in [0.25, 0.3) is 0 Å². The van der Waals surface area contributed by atoms with E-state index in [1.54, 1.807) is 0 Å². The molecule has 1 aromatic carbocycles. The molecule has 0 aromatic heterocycles. The molecule has 1 fully saturated rings. The van der Waals surface area contributed by atoms with Gasteiger partial charge in [0.05, 0.1) is 12.2 Å². The first-order valence-corrected chi connectivity index (χ1v) is 6.95. The number of hydrogen-bond acceptors (Lipinski definition) is 2. The fraction of sp³-hybridized carbons (Fsp3) is 0.625. The van der Waals surface area contributed by atoms with Crippen molar-refractivity contribution in [3.63, 3.8) is 0 Å². The predicted octanol–water partition coefficient (Wildman–Crippen LogP) is 3.87. The molecule has 2 heteroatoms. The highest BCUT2D eigenvalue weighted by molar-refractivity contribution is 5.33. The number of hydrogen-bond donors (Lipinski definition) is 1. The van der Waals surface area contributed by atoms with E-state index in [4.69, 9.17) is 4.74 Å². The van der Waals surface area contributed by atoms with E-state index < -0.39 is 5.60 Å². The minimum atomic E-state index is -0.684. The third-order valence-corrected chi connectivity index (χ3v) is 4.26. The molecule has 18 heavy (non-hydrogen) atoms. The Bertz CT molecular complexity index is 394. The van der Waals surface area contributed by atoms with Crippen LogP contribution in [-0.2, 0) is 5.60 Å². The maximum Gasteiger partial charge on any atom is 0.119 e. The van der Waals surface area contributed by atoms with Crippen molar-refractivity contribution in [2.45, 2.75) is 52.1 Å². The Hall–Kier alpha value is -1.02. The van der Waals surface area contributed by atoms with Crippen molar-refractivity contribution < 1.29 is 9.84 Å². The van der Waals surface area contributed by atoms with E-state index in [9.17, 15) is 5.11 Å². The number of ether oxygens (including phenoxy) is 1. The van der Waals surface area contributed by atoms with E-state index in [0.29, 0.717) is 0 Å². The van der Waals surface area contributed by atoms with Gasteiger partial charge in [0, 0.05) is 0 Å². The molecule has 0 heterocycles. The molecule has 0 spiro atoms. The maximum absolute atomic E-state index is 10.9. The van der Waals surface area contributed by atoms with E-state index in [1.807, 2.05) is 24.3 Å². The number of benzene rings is 1. The molecular weight excluding hydrogens is 224 g/mol. The van der Waals surface area contributed by atoms with Gasteiger partial charge < -0.3 is 9.84 Å². The summed E-state index contributed by atoms with van der Waals surface area (Å²) >= 11 is 0. The van der Waals surface area contributed by atoms with Gasteiger partial charge >= 0.3 is 0 Å². The quantitative estimate of drug-likeness (QED) is 0.876. The SMILES string of the molecule is CCCOc1ccc(C2(O)CCCC2(C)C)cc1. The Morgan fingerprint density at radius 3 is 2.33 bits per heavy atom. The Kier molecular flexibility index (Phi) is 3.67. The van der Waals surface area contributed by atoms with Gasteiger partial charge in [-0.3, -0.25) is 0 Å². The van der Waals surface area contributed by atoms with Crippen molar-refractivity contribution in [2.75, 3.05) is 6.61 Å². The first-order valence-electron chi connectivity index (χ1n) is 6.95. The molecule has 0 bridgehead atoms. The van der Waals surface area contributed by atoms with E-state index in [1.165, 1.54) is 0 Å². The Morgan fingerprint density at radius 1 is 1.17 bits per heavy atom. The minimum absolute atomic E-state index is 0.0429. The van der Waals surface area contributed by atoms with Crippen molar-refractivity contribution >= 4 is 0 Å². The summed E-state index contributed by atoms with van der Waals surface area (Å²) in [5.41, 5.74) is 0.295. The zero-order valence-corrected chi connectivity index (χ0v) is 11.7. The first-order chi connectivity index (χ1) is 8.49. The molecule has 2 nitrogen and oxygen atoms in total. The lowest BCUT2D eigenvalue weighted by Gasteiger charge is -2.37. The van der Waals surface area contributed by atoms with Crippen molar-refractivity contribution in [3.05, 3.63) is 29.8 Å². The Labute approximate surface area is 110 Å². The number of rotatable bonds is 4. The molecule has 1 aromatic rings. The summed E-state index contributed by atoms with van der Waals surface area (Å²) in [5.74, 6) is 0.889. The maximum atomic E-state index is 10.9. The molecule has 1 aliphatic rings. The fourth-order valence-electron chi connectivity index (χ4n) is 2.91. The topological polar surface area (TPSA) is 29.5 Å². The van der Waals surface area contributed by atoms with Crippen LogP contribution < -0.4 is 4.74 Å². The highest BCUT2D eigenvalue weighted by Crippen LogP contribution is 2.52. The average molecular weight is 248 g/mol. The molecule has 2 rings (SSSR count). The van der Waals surface area contributed by atoms with Gasteiger partial charge in [-0.2, -0.15) is 0 Å². The third kappa shape index (κ3) is 2.26. The minimum Gasteiger partial charge on any atom is -0.494 e. The zero-order valence-electron chi connectivity index (χ0n) is 11.7. The second-order valence-electron chi connectivity index (χ2n) is 5.97. The normalized spacial score (nSPS) is 26.2. The predicted molar refractivity (Wildman–Crippen MR) is 73.8 cm³/mol. The molecule has 0 aliphatic heterocycles. The standard InChI is InChI=1S/C16H24O2/c1-4-12-18-14-8-6-13(7-9-14)16(17)11-5-10-15(16,2)3/h6-9,17H,4-5,10-12H2,1-3H3. The summed E-state index contributed by atoms with van der Waals surface area (Å²) < 4.78 is 5.58. The summed E-state index contributed by atoms with van der Waals surface area (Å²) in [7, 11) is 0. The second-order valence-corrected chi connectivity index (χ2v) is 5.97. The Balaban J connectivity index is 2.19. The molecule has 0 radical (unpaired) electrons. The monoisotopic (exact) mass is 248 g/mol. The summed E-state index contributed by atoms with van der Waals surface area (Å²) in [6.07, 6.45) is 4.04. The molecular formula is C16H24O2. The van der Waals surface area contributed by atoms with Crippen LogP contribution in [0.4, 0.5) is 0 Å². The molecule has 1 N–H and O–H groups in total. The van der Waals surface area contributed by atoms with Crippen molar-refractivity contribution in [3.8, 4) is 5.75 Å². The molecule has 1 atom stereocenters. The molecule has 100 valence electrons. The average Bonchev–Trinajstić information content (AvgIpc) is 2.63. The van der Waals surface area contributed by atoms with Crippen LogP contribution in [0.5, 0.6) is 5.75 Å².